The second-order valence-electron chi connectivity index (χ2n) is 6.70. The van der Waals surface area contributed by atoms with Crippen LogP contribution in [0.5, 0.6) is 0 Å². The fourth-order valence-corrected chi connectivity index (χ4v) is 4.75. The van der Waals surface area contributed by atoms with E-state index in [4.69, 9.17) is 11.6 Å². The third-order valence-corrected chi connectivity index (χ3v) is 6.44. The number of nitrogens with zero attached hydrogens (tertiary/aromatic N) is 1. The highest BCUT2D eigenvalue weighted by Gasteiger charge is 2.39. The molecule has 148 valence electrons. The van der Waals surface area contributed by atoms with Crippen molar-refractivity contribution in [3.8, 4) is 6.07 Å². The highest BCUT2D eigenvalue weighted by Crippen LogP contribution is 2.32. The van der Waals surface area contributed by atoms with Crippen LogP contribution in [0.2, 0.25) is 5.02 Å². The van der Waals surface area contributed by atoms with E-state index >= 15 is 0 Å². The first-order valence-electron chi connectivity index (χ1n) is 8.88. The number of amides is 2. The van der Waals surface area contributed by atoms with E-state index in [0.717, 1.165) is 15.6 Å². The molecule has 0 saturated carbocycles. The number of benzene rings is 2. The molecular weight excluding hydrogens is 474 g/mol. The summed E-state index contributed by atoms with van der Waals surface area (Å²) < 4.78 is 0.814. The number of thioether (sulfide) groups is 1. The number of hydrogen-bond donors (Lipinski definition) is 2. The standard InChI is InChI=1S/C21H17BrClN3O2S/c1-12-2-4-13(5-3-12)15-9-19(27)26-21(16(15)10-24)29-11-20(28)25-18-7-6-14(22)8-17(18)23/h2-8,15-16H,9,11H2,1H3,(H,25,28)/p+1/t15-,16-/m1/s1. The number of nitriles is 1. The van der Waals surface area contributed by atoms with Crippen molar-refractivity contribution in [1.82, 2.24) is 0 Å². The summed E-state index contributed by atoms with van der Waals surface area (Å²) in [6.07, 6.45) is 0.242. The Kier molecular flexibility index (Phi) is 7.12. The Morgan fingerprint density at radius 2 is 2.07 bits per heavy atom. The van der Waals surface area contributed by atoms with Crippen molar-refractivity contribution in [2.75, 3.05) is 11.1 Å². The van der Waals surface area contributed by atoms with Gasteiger partial charge in [-0.2, -0.15) is 10.3 Å². The van der Waals surface area contributed by atoms with Crippen LogP contribution < -0.4 is 10.3 Å². The largest absolute Gasteiger partial charge is 0.386 e. The number of nitrogens with one attached hydrogen (secondary N) is 2. The van der Waals surface area contributed by atoms with Gasteiger partial charge in [0.05, 0.1) is 29.0 Å². The van der Waals surface area contributed by atoms with E-state index in [-0.39, 0.29) is 29.9 Å². The molecule has 0 fully saturated rings. The molecule has 0 bridgehead atoms. The van der Waals surface area contributed by atoms with Gasteiger partial charge < -0.3 is 5.32 Å². The Balaban J connectivity index is 1.70. The predicted molar refractivity (Wildman–Crippen MR) is 119 cm³/mol. The van der Waals surface area contributed by atoms with E-state index < -0.39 is 5.92 Å². The van der Waals surface area contributed by atoms with E-state index in [1.807, 2.05) is 31.2 Å². The Labute approximate surface area is 186 Å². The maximum absolute atomic E-state index is 12.3. The predicted octanol–water partition coefficient (Wildman–Crippen LogP) is 3.42. The highest BCUT2D eigenvalue weighted by molar-refractivity contribution is 9.10. The molecule has 2 atom stereocenters. The van der Waals surface area contributed by atoms with E-state index in [1.54, 1.807) is 18.2 Å². The topological polar surface area (TPSA) is 83.9 Å². The highest BCUT2D eigenvalue weighted by atomic mass is 79.9. The molecule has 0 unspecified atom stereocenters. The molecule has 2 aromatic rings. The van der Waals surface area contributed by atoms with Gasteiger partial charge in [-0.3, -0.25) is 4.79 Å². The van der Waals surface area contributed by atoms with Gasteiger partial charge in [-0.15, -0.1) is 0 Å². The number of rotatable bonds is 4. The third-order valence-electron chi connectivity index (χ3n) is 4.56. The van der Waals surface area contributed by atoms with Crippen LogP contribution in [-0.4, -0.2) is 22.6 Å². The summed E-state index contributed by atoms with van der Waals surface area (Å²) in [6.45, 7) is 1.99. The summed E-state index contributed by atoms with van der Waals surface area (Å²) in [6, 6.07) is 15.3. The number of anilines is 1. The normalized spacial score (nSPS) is 18.7. The van der Waals surface area contributed by atoms with Crippen LogP contribution in [0.4, 0.5) is 5.69 Å². The molecule has 0 spiro atoms. The number of carbonyl (C=O) groups excluding carboxylic acids is 2. The fourth-order valence-electron chi connectivity index (χ4n) is 3.09. The molecule has 29 heavy (non-hydrogen) atoms. The van der Waals surface area contributed by atoms with Crippen molar-refractivity contribution in [3.63, 3.8) is 0 Å². The van der Waals surface area contributed by atoms with Gasteiger partial charge in [0, 0.05) is 10.4 Å². The average molecular weight is 492 g/mol. The Morgan fingerprint density at radius 3 is 2.72 bits per heavy atom. The van der Waals surface area contributed by atoms with Gasteiger partial charge in [0.1, 0.15) is 5.92 Å². The van der Waals surface area contributed by atoms with Gasteiger partial charge in [-0.25, -0.2) is 4.79 Å². The molecule has 0 aromatic heterocycles. The molecule has 1 aliphatic heterocycles. The Morgan fingerprint density at radius 1 is 1.34 bits per heavy atom. The van der Waals surface area contributed by atoms with Crippen LogP contribution in [0, 0.1) is 24.2 Å². The lowest BCUT2D eigenvalue weighted by Gasteiger charge is -2.22. The van der Waals surface area contributed by atoms with E-state index in [1.165, 1.54) is 11.8 Å². The summed E-state index contributed by atoms with van der Waals surface area (Å²) in [5.41, 5.74) is 2.57. The van der Waals surface area contributed by atoms with Gasteiger partial charge in [0.2, 0.25) is 11.0 Å². The minimum Gasteiger partial charge on any atom is -0.324 e. The molecule has 0 aliphatic carbocycles. The SMILES string of the molecule is Cc1ccc([C@H]2CC(=O)[NH+]=C(SCC(=O)Nc3ccc(Br)cc3Cl)[C@@H]2C#N)cc1. The van der Waals surface area contributed by atoms with E-state index in [9.17, 15) is 14.9 Å². The molecule has 3 rings (SSSR count). The van der Waals surface area contributed by atoms with Crippen molar-refractivity contribution in [3.05, 3.63) is 63.1 Å². The molecule has 2 N–H and O–H groups in total. The van der Waals surface area contributed by atoms with Crippen LogP contribution in [0.25, 0.3) is 0 Å². The molecule has 0 radical (unpaired) electrons. The second-order valence-corrected chi connectivity index (χ2v) is 9.04. The Hall–Kier alpha value is -2.14. The van der Waals surface area contributed by atoms with Crippen molar-refractivity contribution < 1.29 is 14.6 Å². The molecule has 2 amide bonds. The fraction of sp³-hybridized carbons (Fsp3) is 0.238. The van der Waals surface area contributed by atoms with E-state index in [0.29, 0.717) is 15.8 Å². The van der Waals surface area contributed by atoms with Crippen molar-refractivity contribution in [2.24, 2.45) is 5.92 Å². The van der Waals surface area contributed by atoms with Crippen molar-refractivity contribution in [1.29, 1.82) is 5.26 Å². The zero-order valence-corrected chi connectivity index (χ0v) is 18.7. The molecule has 2 aromatic carbocycles. The maximum Gasteiger partial charge on any atom is 0.386 e. The lowest BCUT2D eigenvalue weighted by atomic mass is 9.83. The Bertz CT molecular complexity index is 1020. The lowest BCUT2D eigenvalue weighted by molar-refractivity contribution is -0.381. The monoisotopic (exact) mass is 490 g/mol. The smallest absolute Gasteiger partial charge is 0.324 e. The van der Waals surface area contributed by atoms with Gasteiger partial charge in [0.25, 0.3) is 0 Å². The summed E-state index contributed by atoms with van der Waals surface area (Å²) >= 11 is 10.6. The van der Waals surface area contributed by atoms with Gasteiger partial charge in [-0.05, 0) is 30.7 Å². The van der Waals surface area contributed by atoms with Crippen LogP contribution in [-0.2, 0) is 9.59 Å². The first kappa shape index (κ1) is 21.6. The van der Waals surface area contributed by atoms with Crippen LogP contribution in [0.3, 0.4) is 0 Å². The minimum atomic E-state index is -0.510. The zero-order chi connectivity index (χ0) is 21.0. The molecular formula is C21H18BrClN3O2S+. The first-order valence-corrected chi connectivity index (χ1v) is 11.0. The molecule has 8 heteroatoms. The summed E-state index contributed by atoms with van der Waals surface area (Å²) in [7, 11) is 0. The minimum absolute atomic E-state index is 0.0564. The van der Waals surface area contributed by atoms with Crippen molar-refractivity contribution >= 4 is 61.8 Å². The van der Waals surface area contributed by atoms with Gasteiger partial charge >= 0.3 is 5.91 Å². The van der Waals surface area contributed by atoms with Crippen molar-refractivity contribution in [2.45, 2.75) is 19.3 Å². The number of halogens is 2. The average Bonchev–Trinajstić information content (AvgIpc) is 2.68. The zero-order valence-electron chi connectivity index (χ0n) is 15.5. The molecule has 5 nitrogen and oxygen atoms in total. The van der Waals surface area contributed by atoms with E-state index in [2.05, 4.69) is 32.3 Å². The molecule has 1 heterocycles. The number of aryl methyl sites for hydroxylation is 1. The number of hydrogen-bond acceptors (Lipinski definition) is 4. The van der Waals surface area contributed by atoms with Gasteiger partial charge in [-0.1, -0.05) is 69.1 Å². The van der Waals surface area contributed by atoms with Crippen LogP contribution in [0.1, 0.15) is 23.5 Å². The second kappa shape index (κ2) is 9.57. The molecule has 1 aliphatic rings. The van der Waals surface area contributed by atoms with Crippen LogP contribution in [0.15, 0.2) is 46.9 Å². The van der Waals surface area contributed by atoms with Crippen LogP contribution >= 0.6 is 39.3 Å². The summed E-state index contributed by atoms with van der Waals surface area (Å²) in [4.78, 5) is 27.3. The lowest BCUT2D eigenvalue weighted by Crippen LogP contribution is -2.80. The summed E-state index contributed by atoms with van der Waals surface area (Å²) in [5.74, 6) is -1.11. The molecule has 0 saturated heterocycles. The summed E-state index contributed by atoms with van der Waals surface area (Å²) in [5, 5.41) is 13.4. The maximum atomic E-state index is 12.3. The first-order chi connectivity index (χ1) is 13.9. The third kappa shape index (κ3) is 5.47. The quantitative estimate of drug-likeness (QED) is 0.686. The van der Waals surface area contributed by atoms with Gasteiger partial charge in [0.15, 0.2) is 0 Å². The number of carbonyl (C=O) groups is 2.